The van der Waals surface area contributed by atoms with Gasteiger partial charge < -0.3 is 20.7 Å². The normalized spacial score (nSPS) is 22.1. The molecule has 0 aromatic rings. The van der Waals surface area contributed by atoms with Gasteiger partial charge in [-0.1, -0.05) is 19.8 Å². The molecule has 25 heavy (non-hydrogen) atoms. The van der Waals surface area contributed by atoms with Crippen molar-refractivity contribution in [1.82, 2.24) is 16.0 Å². The number of hydrogen-bond donors (Lipinski definition) is 3. The summed E-state index contributed by atoms with van der Waals surface area (Å²) in [5, 5.41) is 9.39. The van der Waals surface area contributed by atoms with E-state index in [2.05, 4.69) is 22.9 Å². The topological polar surface area (TPSA) is 79.5 Å². The smallest absolute Gasteiger partial charge is 0.407 e. The summed E-state index contributed by atoms with van der Waals surface area (Å²) in [6, 6.07) is 0.577. The fraction of sp³-hybridized carbons (Fsp3) is 0.895. The lowest BCUT2D eigenvalue weighted by Gasteiger charge is -2.32. The third kappa shape index (κ3) is 9.68. The number of nitrogens with one attached hydrogen (secondary N) is 3. The number of hydrogen-bond acceptors (Lipinski definition) is 4. The summed E-state index contributed by atoms with van der Waals surface area (Å²) in [6.45, 7) is 11.0. The van der Waals surface area contributed by atoms with Gasteiger partial charge in [0, 0.05) is 31.6 Å². The predicted octanol–water partition coefficient (Wildman–Crippen LogP) is 2.96. The van der Waals surface area contributed by atoms with Crippen molar-refractivity contribution in [3.8, 4) is 0 Å². The summed E-state index contributed by atoms with van der Waals surface area (Å²) in [4.78, 5) is 23.7. The highest BCUT2D eigenvalue weighted by Gasteiger charge is 2.26. The van der Waals surface area contributed by atoms with Crippen molar-refractivity contribution in [1.29, 1.82) is 0 Å². The first-order chi connectivity index (χ1) is 11.7. The van der Waals surface area contributed by atoms with Gasteiger partial charge in [0.1, 0.15) is 5.60 Å². The van der Waals surface area contributed by atoms with E-state index in [1.165, 1.54) is 12.8 Å². The number of carbonyl (C=O) groups excluding carboxylic acids is 2. The van der Waals surface area contributed by atoms with Crippen molar-refractivity contribution in [2.45, 2.75) is 90.8 Å². The molecule has 0 radical (unpaired) electrons. The van der Waals surface area contributed by atoms with Gasteiger partial charge in [-0.15, -0.1) is 0 Å². The van der Waals surface area contributed by atoms with Crippen LogP contribution in [0.1, 0.15) is 73.1 Å². The summed E-state index contributed by atoms with van der Waals surface area (Å²) in [5.74, 6) is 0.486. The van der Waals surface area contributed by atoms with Crippen molar-refractivity contribution in [2.24, 2.45) is 5.92 Å². The van der Waals surface area contributed by atoms with E-state index in [9.17, 15) is 9.59 Å². The van der Waals surface area contributed by atoms with E-state index < -0.39 is 5.60 Å². The highest BCUT2D eigenvalue weighted by Crippen LogP contribution is 2.24. The third-order valence-electron chi connectivity index (χ3n) is 4.59. The summed E-state index contributed by atoms with van der Waals surface area (Å²) in [7, 11) is 0. The molecule has 2 amide bonds. The van der Waals surface area contributed by atoms with Crippen molar-refractivity contribution in [3.63, 3.8) is 0 Å². The van der Waals surface area contributed by atoms with Gasteiger partial charge in [-0.3, -0.25) is 4.79 Å². The Morgan fingerprint density at radius 1 is 1.20 bits per heavy atom. The zero-order valence-corrected chi connectivity index (χ0v) is 16.6. The van der Waals surface area contributed by atoms with E-state index in [0.717, 1.165) is 19.3 Å². The van der Waals surface area contributed by atoms with Crippen LogP contribution in [0.3, 0.4) is 0 Å². The first-order valence-corrected chi connectivity index (χ1v) is 9.71. The Balaban J connectivity index is 2.33. The average molecular weight is 356 g/mol. The molecular weight excluding hydrogens is 318 g/mol. The molecule has 0 aliphatic heterocycles. The minimum absolute atomic E-state index is 0.0982. The van der Waals surface area contributed by atoms with Crippen LogP contribution in [0.5, 0.6) is 0 Å². The van der Waals surface area contributed by atoms with Crippen LogP contribution in [0.25, 0.3) is 0 Å². The molecule has 1 fully saturated rings. The second-order valence-corrected chi connectivity index (χ2v) is 8.11. The number of amides is 2. The van der Waals surface area contributed by atoms with E-state index in [1.807, 2.05) is 27.7 Å². The van der Waals surface area contributed by atoms with Crippen LogP contribution in [0.4, 0.5) is 4.79 Å². The maximum atomic E-state index is 11.9. The molecule has 1 aliphatic carbocycles. The van der Waals surface area contributed by atoms with Gasteiger partial charge >= 0.3 is 6.09 Å². The van der Waals surface area contributed by atoms with E-state index in [1.54, 1.807) is 0 Å². The van der Waals surface area contributed by atoms with Crippen molar-refractivity contribution < 1.29 is 14.3 Å². The molecule has 0 aromatic carbocycles. The van der Waals surface area contributed by atoms with Gasteiger partial charge in [0.15, 0.2) is 0 Å². The van der Waals surface area contributed by atoms with E-state index in [4.69, 9.17) is 4.74 Å². The Labute approximate surface area is 152 Å². The molecular formula is C19H37N3O3. The lowest BCUT2D eigenvalue weighted by atomic mass is 9.84. The first kappa shape index (κ1) is 21.7. The fourth-order valence-electron chi connectivity index (χ4n) is 3.07. The van der Waals surface area contributed by atoms with Crippen LogP contribution in [-0.4, -0.2) is 42.8 Å². The molecule has 0 spiro atoms. The molecule has 0 bridgehead atoms. The van der Waals surface area contributed by atoms with E-state index >= 15 is 0 Å². The molecule has 1 rings (SSSR count). The van der Waals surface area contributed by atoms with Crippen LogP contribution >= 0.6 is 0 Å². The third-order valence-corrected chi connectivity index (χ3v) is 4.59. The quantitative estimate of drug-likeness (QED) is 0.625. The van der Waals surface area contributed by atoms with Crippen molar-refractivity contribution in [2.75, 3.05) is 13.1 Å². The summed E-state index contributed by atoms with van der Waals surface area (Å²) in [5.41, 5.74) is -0.475. The molecule has 0 saturated heterocycles. The molecule has 0 aromatic heterocycles. The van der Waals surface area contributed by atoms with Gasteiger partial charge in [0.25, 0.3) is 0 Å². The second-order valence-electron chi connectivity index (χ2n) is 8.11. The van der Waals surface area contributed by atoms with Crippen LogP contribution in [0, 0.1) is 5.92 Å². The molecule has 146 valence electrons. The molecule has 6 heteroatoms. The maximum absolute atomic E-state index is 11.9. The van der Waals surface area contributed by atoms with Crippen LogP contribution < -0.4 is 16.0 Å². The monoisotopic (exact) mass is 355 g/mol. The van der Waals surface area contributed by atoms with Crippen LogP contribution in [0.2, 0.25) is 0 Å². The minimum Gasteiger partial charge on any atom is -0.444 e. The van der Waals surface area contributed by atoms with E-state index in [0.29, 0.717) is 31.5 Å². The van der Waals surface area contributed by atoms with Gasteiger partial charge in [-0.2, -0.15) is 0 Å². The highest BCUT2D eigenvalue weighted by molar-refractivity contribution is 5.76. The summed E-state index contributed by atoms with van der Waals surface area (Å²) in [6.07, 6.45) is 5.64. The van der Waals surface area contributed by atoms with Crippen molar-refractivity contribution in [3.05, 3.63) is 0 Å². The lowest BCUT2D eigenvalue weighted by molar-refractivity contribution is -0.121. The predicted molar refractivity (Wildman–Crippen MR) is 100 cm³/mol. The lowest BCUT2D eigenvalue weighted by Crippen LogP contribution is -2.46. The average Bonchev–Trinajstić information content (AvgIpc) is 2.52. The standard InChI is InChI=1S/C19H37N3O3/c1-6-14(2)22-17(23)11-12-20-16-10-8-7-9-15(16)13-21-18(24)25-19(3,4)5/h14-16,20H,6-13H2,1-5H3,(H,21,24)(H,22,23). The maximum Gasteiger partial charge on any atom is 0.407 e. The fourth-order valence-corrected chi connectivity index (χ4v) is 3.07. The highest BCUT2D eigenvalue weighted by atomic mass is 16.6. The van der Waals surface area contributed by atoms with Crippen LogP contribution in [0.15, 0.2) is 0 Å². The molecule has 1 aliphatic rings. The largest absolute Gasteiger partial charge is 0.444 e. The van der Waals surface area contributed by atoms with E-state index in [-0.39, 0.29) is 18.0 Å². The molecule has 1 saturated carbocycles. The molecule has 0 heterocycles. The Hall–Kier alpha value is -1.30. The SMILES string of the molecule is CCC(C)NC(=O)CCNC1CCCCC1CNC(=O)OC(C)(C)C. The number of ether oxygens (including phenoxy) is 1. The minimum atomic E-state index is -0.475. The van der Waals surface area contributed by atoms with Crippen LogP contribution in [-0.2, 0) is 9.53 Å². The van der Waals surface area contributed by atoms with Gasteiger partial charge in [-0.25, -0.2) is 4.79 Å². The number of rotatable bonds is 8. The Bertz CT molecular complexity index is 421. The molecule has 6 nitrogen and oxygen atoms in total. The molecule has 3 N–H and O–H groups in total. The Kier molecular flexibility index (Phi) is 9.25. The number of carbonyl (C=O) groups is 2. The number of alkyl carbamates (subject to hydrolysis) is 1. The first-order valence-electron chi connectivity index (χ1n) is 9.71. The summed E-state index contributed by atoms with van der Waals surface area (Å²) < 4.78 is 5.30. The zero-order valence-electron chi connectivity index (χ0n) is 16.6. The molecule has 3 atom stereocenters. The second kappa shape index (κ2) is 10.6. The molecule has 3 unspecified atom stereocenters. The van der Waals surface area contributed by atoms with Gasteiger partial charge in [-0.05, 0) is 52.9 Å². The van der Waals surface area contributed by atoms with Gasteiger partial charge in [0.2, 0.25) is 5.91 Å². The van der Waals surface area contributed by atoms with Gasteiger partial charge in [0.05, 0.1) is 0 Å². The Morgan fingerprint density at radius 3 is 2.52 bits per heavy atom. The summed E-state index contributed by atoms with van der Waals surface area (Å²) >= 11 is 0. The van der Waals surface area contributed by atoms with Crippen molar-refractivity contribution >= 4 is 12.0 Å². The Morgan fingerprint density at radius 2 is 1.88 bits per heavy atom. The zero-order chi connectivity index (χ0) is 18.9.